The first-order chi connectivity index (χ1) is 12.7. The highest BCUT2D eigenvalue weighted by atomic mass is 35.5. The lowest BCUT2D eigenvalue weighted by atomic mass is 9.93. The first-order valence-electron chi connectivity index (χ1n) is 9.27. The molecule has 0 bridgehead atoms. The lowest BCUT2D eigenvalue weighted by Gasteiger charge is -2.44. The minimum atomic E-state index is -1.37. The van der Waals surface area contributed by atoms with Crippen molar-refractivity contribution in [3.05, 3.63) is 11.6 Å². The molecule has 0 spiro atoms. The largest absolute Gasteiger partial charge is 0.388 e. The van der Waals surface area contributed by atoms with Crippen molar-refractivity contribution in [1.82, 2.24) is 10.2 Å². The molecule has 1 amide bonds. The molecule has 0 aromatic rings. The maximum atomic E-state index is 12.9. The predicted octanol–water partition coefficient (Wildman–Crippen LogP) is 0.731. The highest BCUT2D eigenvalue weighted by Gasteiger charge is 2.48. The van der Waals surface area contributed by atoms with Gasteiger partial charge >= 0.3 is 0 Å². The molecule has 2 rings (SSSR count). The van der Waals surface area contributed by atoms with Gasteiger partial charge in [0.25, 0.3) is 0 Å². The summed E-state index contributed by atoms with van der Waals surface area (Å²) in [6.45, 7) is 4.54. The van der Waals surface area contributed by atoms with E-state index in [0.29, 0.717) is 0 Å². The van der Waals surface area contributed by atoms with Gasteiger partial charge in [-0.1, -0.05) is 25.0 Å². The predicted molar refractivity (Wildman–Crippen MR) is 114 cm³/mol. The number of amides is 1. The summed E-state index contributed by atoms with van der Waals surface area (Å²) in [4.78, 5) is 14.8. The van der Waals surface area contributed by atoms with Gasteiger partial charge in [-0.15, -0.1) is 35.8 Å². The summed E-state index contributed by atoms with van der Waals surface area (Å²) >= 11 is 7.52. The third-order valence-electron chi connectivity index (χ3n) is 5.16. The maximum absolute atomic E-state index is 12.9. The van der Waals surface area contributed by atoms with Crippen LogP contribution in [0, 0.1) is 0 Å². The molecule has 0 aliphatic carbocycles. The number of alkyl halides is 1. The molecular weight excluding hydrogens is 427 g/mol. The monoisotopic (exact) mass is 458 g/mol. The molecule has 2 unspecified atom stereocenters. The van der Waals surface area contributed by atoms with E-state index in [4.69, 9.17) is 16.3 Å². The number of halogens is 2. The second-order valence-electron chi connectivity index (χ2n) is 7.32. The number of carbonyl (C=O) groups is 1. The average Bonchev–Trinajstić information content (AvgIpc) is 2.99. The highest BCUT2D eigenvalue weighted by molar-refractivity contribution is 7.99. The standard InChI is InChI=1S/C18H31ClN2O5S.ClH/c1-5-6-10-7-11(21(3)8-10)17(25)20-12(9(2)19)16-14(23)13(22)15(24)18(26-16)27-4;/h7,9,11-16,18,22-24H,5-6,8H2,1-4H3,(H,20,25);1H/t9-,11+,12+,13?,14+,15?,16+,18+;/m0./s1. The normalized spacial score (nSPS) is 35.6. The molecule has 10 heteroatoms. The van der Waals surface area contributed by atoms with Gasteiger partial charge in [-0.2, -0.15) is 0 Å². The zero-order valence-electron chi connectivity index (χ0n) is 16.6. The molecule has 4 N–H and O–H groups in total. The zero-order chi connectivity index (χ0) is 20.3. The van der Waals surface area contributed by atoms with Crippen molar-refractivity contribution in [2.75, 3.05) is 19.8 Å². The van der Waals surface area contributed by atoms with Gasteiger partial charge in [-0.3, -0.25) is 9.69 Å². The fourth-order valence-electron chi connectivity index (χ4n) is 3.65. The first-order valence-corrected chi connectivity index (χ1v) is 11.0. The number of carbonyl (C=O) groups excluding carboxylic acids is 1. The van der Waals surface area contributed by atoms with Crippen molar-refractivity contribution in [2.45, 2.75) is 74.0 Å². The Morgan fingerprint density at radius 1 is 1.39 bits per heavy atom. The van der Waals surface area contributed by atoms with Crippen molar-refractivity contribution >= 4 is 41.7 Å². The first kappa shape index (κ1) is 26.0. The van der Waals surface area contributed by atoms with Crippen LogP contribution >= 0.6 is 35.8 Å². The van der Waals surface area contributed by atoms with Crippen LogP contribution in [0.25, 0.3) is 0 Å². The molecular formula is C18H32Cl2N2O5S. The summed E-state index contributed by atoms with van der Waals surface area (Å²) in [5.74, 6) is -0.224. The van der Waals surface area contributed by atoms with Crippen LogP contribution in [0.2, 0.25) is 0 Å². The Morgan fingerprint density at radius 3 is 2.57 bits per heavy atom. The molecule has 0 radical (unpaired) electrons. The van der Waals surface area contributed by atoms with Crippen LogP contribution < -0.4 is 5.32 Å². The minimum Gasteiger partial charge on any atom is -0.388 e. The van der Waals surface area contributed by atoms with Gasteiger partial charge in [0.15, 0.2) is 0 Å². The van der Waals surface area contributed by atoms with Crippen LogP contribution in [-0.2, 0) is 9.53 Å². The van der Waals surface area contributed by atoms with Crippen molar-refractivity contribution < 1.29 is 24.9 Å². The summed E-state index contributed by atoms with van der Waals surface area (Å²) in [5, 5.41) is 32.9. The van der Waals surface area contributed by atoms with E-state index >= 15 is 0 Å². The van der Waals surface area contributed by atoms with E-state index in [2.05, 4.69) is 12.2 Å². The van der Waals surface area contributed by atoms with E-state index in [9.17, 15) is 20.1 Å². The molecule has 8 atom stereocenters. The molecule has 1 saturated heterocycles. The van der Waals surface area contributed by atoms with Crippen LogP contribution in [0.1, 0.15) is 26.7 Å². The number of nitrogens with one attached hydrogen (secondary N) is 1. The number of thioether (sulfide) groups is 1. The summed E-state index contributed by atoms with van der Waals surface area (Å²) < 4.78 is 5.78. The van der Waals surface area contributed by atoms with E-state index in [1.807, 2.05) is 18.0 Å². The minimum absolute atomic E-state index is 0. The number of aliphatic hydroxyl groups excluding tert-OH is 3. The molecule has 164 valence electrons. The Kier molecular flexibility index (Phi) is 10.5. The lowest BCUT2D eigenvalue weighted by molar-refractivity contribution is -0.205. The average molecular weight is 459 g/mol. The van der Waals surface area contributed by atoms with Gasteiger partial charge in [0.2, 0.25) is 5.91 Å². The lowest BCUT2D eigenvalue weighted by Crippen LogP contribution is -2.65. The van der Waals surface area contributed by atoms with Gasteiger partial charge in [-0.05, 0) is 26.6 Å². The van der Waals surface area contributed by atoms with E-state index < -0.39 is 47.3 Å². The highest BCUT2D eigenvalue weighted by Crippen LogP contribution is 2.30. The molecule has 2 aliphatic heterocycles. The second kappa shape index (κ2) is 11.4. The van der Waals surface area contributed by atoms with E-state index in [1.165, 1.54) is 17.3 Å². The van der Waals surface area contributed by atoms with E-state index in [1.54, 1.807) is 13.2 Å². The van der Waals surface area contributed by atoms with Gasteiger partial charge in [0.05, 0.1) is 11.4 Å². The fraction of sp³-hybridized carbons (Fsp3) is 0.833. The van der Waals surface area contributed by atoms with Crippen molar-refractivity contribution in [3.63, 3.8) is 0 Å². The molecule has 7 nitrogen and oxygen atoms in total. The van der Waals surface area contributed by atoms with Gasteiger partial charge in [0, 0.05) is 6.54 Å². The van der Waals surface area contributed by atoms with Gasteiger partial charge in [-0.25, -0.2) is 0 Å². The maximum Gasteiger partial charge on any atom is 0.241 e. The topological polar surface area (TPSA) is 102 Å². The Balaban J connectivity index is 0.00000392. The fourth-order valence-corrected chi connectivity index (χ4v) is 4.54. The number of rotatable bonds is 7. The molecule has 2 heterocycles. The molecule has 28 heavy (non-hydrogen) atoms. The number of hydrogen-bond acceptors (Lipinski definition) is 7. The number of hydrogen-bond donors (Lipinski definition) is 4. The summed E-state index contributed by atoms with van der Waals surface area (Å²) in [6.07, 6.45) is 0.804. The van der Waals surface area contributed by atoms with Crippen LogP contribution in [0.15, 0.2) is 11.6 Å². The molecule has 0 aromatic carbocycles. The van der Waals surface area contributed by atoms with Crippen LogP contribution in [0.4, 0.5) is 0 Å². The quantitative estimate of drug-likeness (QED) is 0.329. The SMILES string of the molecule is CCCC1=C[C@H](C(=O)N[C@@H]([C@H]2O[C@H](SC)C(O)C(O)[C@H]2O)[C@H](C)Cl)N(C)C1.Cl. The summed E-state index contributed by atoms with van der Waals surface area (Å²) in [6, 6.07) is -1.12. The molecule has 0 saturated carbocycles. The molecule has 0 aromatic heterocycles. The molecule has 2 aliphatic rings. The van der Waals surface area contributed by atoms with Crippen LogP contribution in [0.3, 0.4) is 0 Å². The summed E-state index contributed by atoms with van der Waals surface area (Å²) in [5.41, 5.74) is 0.513. The Hall–Kier alpha value is -0.0600. The summed E-state index contributed by atoms with van der Waals surface area (Å²) in [7, 11) is 1.89. The van der Waals surface area contributed by atoms with Crippen LogP contribution in [0.5, 0.6) is 0 Å². The van der Waals surface area contributed by atoms with Crippen molar-refractivity contribution in [2.24, 2.45) is 0 Å². The zero-order valence-corrected chi connectivity index (χ0v) is 19.0. The van der Waals surface area contributed by atoms with Crippen LogP contribution in [-0.4, -0.2) is 93.3 Å². The third-order valence-corrected chi connectivity index (χ3v) is 6.28. The number of likely N-dealkylation sites (N-methyl/N-ethyl adjacent to an activating group) is 1. The van der Waals surface area contributed by atoms with Crippen molar-refractivity contribution in [1.29, 1.82) is 0 Å². The number of ether oxygens (including phenoxy) is 1. The number of nitrogens with zero attached hydrogens (tertiary/aromatic N) is 1. The Morgan fingerprint density at radius 2 is 2.04 bits per heavy atom. The number of aliphatic hydroxyl groups is 3. The Bertz CT molecular complexity index is 552. The second-order valence-corrected chi connectivity index (χ2v) is 8.95. The Labute approximate surface area is 182 Å². The van der Waals surface area contributed by atoms with Crippen molar-refractivity contribution in [3.8, 4) is 0 Å². The van der Waals surface area contributed by atoms with E-state index in [-0.39, 0.29) is 18.3 Å². The third kappa shape index (κ3) is 5.76. The van der Waals surface area contributed by atoms with E-state index in [0.717, 1.165) is 19.4 Å². The van der Waals surface area contributed by atoms with Gasteiger partial charge in [0.1, 0.15) is 35.9 Å². The smallest absolute Gasteiger partial charge is 0.241 e. The molecule has 1 fully saturated rings. The van der Waals surface area contributed by atoms with Gasteiger partial charge < -0.3 is 25.4 Å².